The number of aromatic amines is 1. The van der Waals surface area contributed by atoms with Crippen LogP contribution in [0.3, 0.4) is 0 Å². The lowest BCUT2D eigenvalue weighted by molar-refractivity contribution is 0.516. The molecule has 0 bridgehead atoms. The normalized spacial score (nSPS) is 11.3. The van der Waals surface area contributed by atoms with Gasteiger partial charge in [0.2, 0.25) is 0 Å². The molecule has 4 nitrogen and oxygen atoms in total. The van der Waals surface area contributed by atoms with Gasteiger partial charge in [0.15, 0.2) is 0 Å². The highest BCUT2D eigenvalue weighted by atomic mass is 15.3. The van der Waals surface area contributed by atoms with Crippen LogP contribution in [0, 0.1) is 13.8 Å². The molecule has 2 rings (SSSR count). The lowest BCUT2D eigenvalue weighted by atomic mass is 10.1. The third kappa shape index (κ3) is 1.56. The maximum absolute atomic E-state index is 4.53. The SMILES string of the molecule is Cc1nn(C(C)C)c(C)c1-c1cnc[nH]1. The molecule has 0 saturated carbocycles. The average molecular weight is 204 g/mol. The van der Waals surface area contributed by atoms with Gasteiger partial charge in [-0.15, -0.1) is 0 Å². The zero-order chi connectivity index (χ0) is 11.0. The van der Waals surface area contributed by atoms with Crippen molar-refractivity contribution in [3.8, 4) is 11.3 Å². The fourth-order valence-electron chi connectivity index (χ4n) is 1.95. The summed E-state index contributed by atoms with van der Waals surface area (Å²) in [5, 5.41) is 4.53. The first kappa shape index (κ1) is 9.96. The predicted octanol–water partition coefficient (Wildman–Crippen LogP) is 2.47. The second-order valence-corrected chi connectivity index (χ2v) is 4.05. The summed E-state index contributed by atoms with van der Waals surface area (Å²) in [7, 11) is 0. The van der Waals surface area contributed by atoms with E-state index in [1.165, 1.54) is 11.3 Å². The summed E-state index contributed by atoms with van der Waals surface area (Å²) in [4.78, 5) is 7.17. The maximum Gasteiger partial charge on any atom is 0.0924 e. The number of hydrogen-bond acceptors (Lipinski definition) is 2. The molecule has 2 aromatic heterocycles. The van der Waals surface area contributed by atoms with Crippen LogP contribution in [-0.2, 0) is 0 Å². The van der Waals surface area contributed by atoms with Crippen LogP contribution in [0.2, 0.25) is 0 Å². The van der Waals surface area contributed by atoms with E-state index < -0.39 is 0 Å². The highest BCUT2D eigenvalue weighted by Crippen LogP contribution is 2.26. The molecular formula is C11H16N4. The molecule has 0 spiro atoms. The highest BCUT2D eigenvalue weighted by molar-refractivity contribution is 5.63. The summed E-state index contributed by atoms with van der Waals surface area (Å²) in [5.74, 6) is 0. The van der Waals surface area contributed by atoms with E-state index in [2.05, 4.69) is 35.8 Å². The van der Waals surface area contributed by atoms with Crippen LogP contribution in [0.25, 0.3) is 11.3 Å². The van der Waals surface area contributed by atoms with Crippen LogP contribution in [0.1, 0.15) is 31.3 Å². The van der Waals surface area contributed by atoms with Gasteiger partial charge < -0.3 is 4.98 Å². The second kappa shape index (κ2) is 3.53. The third-order valence-corrected chi connectivity index (χ3v) is 2.58. The van der Waals surface area contributed by atoms with Gasteiger partial charge >= 0.3 is 0 Å². The Morgan fingerprint density at radius 1 is 1.33 bits per heavy atom. The second-order valence-electron chi connectivity index (χ2n) is 4.05. The van der Waals surface area contributed by atoms with Crippen molar-refractivity contribution in [1.29, 1.82) is 0 Å². The van der Waals surface area contributed by atoms with Crippen LogP contribution in [0.5, 0.6) is 0 Å². The molecule has 1 N–H and O–H groups in total. The third-order valence-electron chi connectivity index (χ3n) is 2.58. The Bertz CT molecular complexity index is 451. The van der Waals surface area contributed by atoms with Crippen LogP contribution in [-0.4, -0.2) is 19.7 Å². The van der Waals surface area contributed by atoms with E-state index in [0.29, 0.717) is 6.04 Å². The van der Waals surface area contributed by atoms with E-state index in [4.69, 9.17) is 0 Å². The van der Waals surface area contributed by atoms with E-state index in [-0.39, 0.29) is 0 Å². The fourth-order valence-corrected chi connectivity index (χ4v) is 1.95. The minimum absolute atomic E-state index is 0.389. The molecular weight excluding hydrogens is 188 g/mol. The lowest BCUT2D eigenvalue weighted by Gasteiger charge is -2.07. The monoisotopic (exact) mass is 204 g/mol. The maximum atomic E-state index is 4.53. The fraction of sp³-hybridized carbons (Fsp3) is 0.455. The first-order valence-electron chi connectivity index (χ1n) is 5.15. The Kier molecular flexibility index (Phi) is 2.34. The van der Waals surface area contributed by atoms with Crippen LogP contribution >= 0.6 is 0 Å². The molecule has 0 fully saturated rings. The smallest absolute Gasteiger partial charge is 0.0924 e. The quantitative estimate of drug-likeness (QED) is 0.816. The van der Waals surface area contributed by atoms with E-state index in [1.807, 2.05) is 17.8 Å². The molecule has 0 aromatic carbocycles. The van der Waals surface area contributed by atoms with Crippen molar-refractivity contribution in [2.45, 2.75) is 33.7 Å². The van der Waals surface area contributed by atoms with Crippen molar-refractivity contribution in [2.24, 2.45) is 0 Å². The number of imidazole rings is 1. The number of hydrogen-bond donors (Lipinski definition) is 1. The average Bonchev–Trinajstić information content (AvgIpc) is 2.73. The Morgan fingerprint density at radius 3 is 2.53 bits per heavy atom. The van der Waals surface area contributed by atoms with Gasteiger partial charge in [-0.3, -0.25) is 4.68 Å². The van der Waals surface area contributed by atoms with Gasteiger partial charge in [0.05, 0.1) is 23.9 Å². The van der Waals surface area contributed by atoms with E-state index in [9.17, 15) is 0 Å². The highest BCUT2D eigenvalue weighted by Gasteiger charge is 2.15. The van der Waals surface area contributed by atoms with Crippen molar-refractivity contribution in [3.63, 3.8) is 0 Å². The van der Waals surface area contributed by atoms with Gasteiger partial charge in [0.1, 0.15) is 0 Å². The van der Waals surface area contributed by atoms with Crippen molar-refractivity contribution < 1.29 is 0 Å². The molecule has 2 aromatic rings. The number of aromatic nitrogens is 4. The summed E-state index contributed by atoms with van der Waals surface area (Å²) in [5.41, 5.74) is 4.44. The molecule has 0 radical (unpaired) electrons. The molecule has 80 valence electrons. The molecule has 4 heteroatoms. The molecule has 0 atom stereocenters. The van der Waals surface area contributed by atoms with Gasteiger partial charge in [-0.05, 0) is 27.7 Å². The Hall–Kier alpha value is -1.58. The first-order chi connectivity index (χ1) is 7.11. The zero-order valence-electron chi connectivity index (χ0n) is 9.57. The number of nitrogens with zero attached hydrogens (tertiary/aromatic N) is 3. The van der Waals surface area contributed by atoms with Crippen LogP contribution in [0.15, 0.2) is 12.5 Å². The molecule has 0 aliphatic carbocycles. The molecule has 2 heterocycles. The minimum atomic E-state index is 0.389. The van der Waals surface area contributed by atoms with E-state index in [1.54, 1.807) is 6.33 Å². The van der Waals surface area contributed by atoms with Crippen molar-refractivity contribution in [3.05, 3.63) is 23.9 Å². The molecule has 0 aliphatic rings. The largest absolute Gasteiger partial charge is 0.345 e. The first-order valence-corrected chi connectivity index (χ1v) is 5.15. The standard InChI is InChI=1S/C11H16N4/c1-7(2)15-9(4)11(8(3)14-15)10-5-12-6-13-10/h5-7H,1-4H3,(H,12,13). The lowest BCUT2D eigenvalue weighted by Crippen LogP contribution is -2.04. The minimum Gasteiger partial charge on any atom is -0.345 e. The zero-order valence-corrected chi connectivity index (χ0v) is 9.57. The Balaban J connectivity index is 2.58. The molecule has 0 aliphatic heterocycles. The van der Waals surface area contributed by atoms with Crippen molar-refractivity contribution in [1.82, 2.24) is 19.7 Å². The molecule has 15 heavy (non-hydrogen) atoms. The van der Waals surface area contributed by atoms with Gasteiger partial charge in [0, 0.05) is 17.3 Å². The van der Waals surface area contributed by atoms with Crippen molar-refractivity contribution >= 4 is 0 Å². The van der Waals surface area contributed by atoms with E-state index >= 15 is 0 Å². The van der Waals surface area contributed by atoms with Gasteiger partial charge in [-0.2, -0.15) is 5.10 Å². The van der Waals surface area contributed by atoms with Crippen molar-refractivity contribution in [2.75, 3.05) is 0 Å². The molecule has 0 amide bonds. The number of H-pyrrole nitrogens is 1. The summed E-state index contributed by atoms with van der Waals surface area (Å²) < 4.78 is 2.05. The van der Waals surface area contributed by atoms with Crippen LogP contribution < -0.4 is 0 Å². The predicted molar refractivity (Wildman–Crippen MR) is 59.7 cm³/mol. The van der Waals surface area contributed by atoms with Gasteiger partial charge in [-0.25, -0.2) is 4.98 Å². The Labute approximate surface area is 89.3 Å². The number of aryl methyl sites for hydroxylation is 1. The van der Waals surface area contributed by atoms with Gasteiger partial charge in [-0.1, -0.05) is 0 Å². The van der Waals surface area contributed by atoms with Gasteiger partial charge in [0.25, 0.3) is 0 Å². The Morgan fingerprint density at radius 2 is 2.07 bits per heavy atom. The topological polar surface area (TPSA) is 46.5 Å². The summed E-state index contributed by atoms with van der Waals surface area (Å²) >= 11 is 0. The molecule has 0 saturated heterocycles. The summed E-state index contributed by atoms with van der Waals surface area (Å²) in [6, 6.07) is 0.389. The number of rotatable bonds is 2. The molecule has 0 unspecified atom stereocenters. The van der Waals surface area contributed by atoms with E-state index in [0.717, 1.165) is 11.4 Å². The number of nitrogens with one attached hydrogen (secondary N) is 1. The summed E-state index contributed by atoms with van der Waals surface area (Å²) in [6.07, 6.45) is 3.53. The van der Waals surface area contributed by atoms with Crippen LogP contribution in [0.4, 0.5) is 0 Å². The summed E-state index contributed by atoms with van der Waals surface area (Å²) in [6.45, 7) is 8.39.